The Bertz CT molecular complexity index is 1520. The number of carbonyl (C=O) groups excluding carboxylic acids is 1. The van der Waals surface area contributed by atoms with E-state index in [-0.39, 0.29) is 39.3 Å². The van der Waals surface area contributed by atoms with Gasteiger partial charge >= 0.3 is 11.9 Å². The lowest BCUT2D eigenvalue weighted by atomic mass is 10.1. The molecule has 4 rings (SSSR count). The standard InChI is InChI=1S/C28H31F3N4O5/c1-16-13-33(8-7-32-16)25-12-24-19(11-22(25)31)27(38)20(14-34(24)23-6-5-17(29)9-21(23)30)28(39)40-18(10-26(36)37)15-35(2,3)4/h5-6,9,11-12,14,16,18,32H,7-8,10,13,15H2,1-4H3/p+1. The highest BCUT2D eigenvalue weighted by atomic mass is 19.1. The predicted molar refractivity (Wildman–Crippen MR) is 143 cm³/mol. The van der Waals surface area contributed by atoms with Crippen molar-refractivity contribution < 1.29 is 37.1 Å². The number of quaternary nitrogens is 1. The van der Waals surface area contributed by atoms with Gasteiger partial charge in [-0.25, -0.2) is 18.0 Å². The van der Waals surface area contributed by atoms with Gasteiger partial charge in [0.25, 0.3) is 0 Å². The van der Waals surface area contributed by atoms with Crippen molar-refractivity contribution in [1.82, 2.24) is 9.88 Å². The highest BCUT2D eigenvalue weighted by Crippen LogP contribution is 2.29. The SMILES string of the molecule is CC1CN(c2cc3c(cc2F)c(=O)c(C(=O)OC(CC(=O)O)C[N+](C)(C)C)cn3-c2ccc(F)cc2F)CCN1. The number of ether oxygens (including phenoxy) is 1. The number of anilines is 1. The first-order valence-corrected chi connectivity index (χ1v) is 12.8. The molecule has 1 aliphatic heterocycles. The Labute approximate surface area is 229 Å². The van der Waals surface area contributed by atoms with E-state index in [9.17, 15) is 23.9 Å². The molecule has 2 heterocycles. The number of halogens is 3. The van der Waals surface area contributed by atoms with Crippen molar-refractivity contribution in [2.24, 2.45) is 0 Å². The average Bonchev–Trinajstić information content (AvgIpc) is 2.83. The number of hydrogen-bond acceptors (Lipinski definition) is 6. The molecule has 0 saturated carbocycles. The fourth-order valence-electron chi connectivity index (χ4n) is 4.91. The van der Waals surface area contributed by atoms with Crippen LogP contribution in [0, 0.1) is 17.5 Å². The van der Waals surface area contributed by atoms with E-state index in [1.807, 2.05) is 6.92 Å². The molecule has 40 heavy (non-hydrogen) atoms. The normalized spacial score (nSPS) is 16.7. The molecule has 12 heteroatoms. The Morgan fingerprint density at radius 2 is 1.82 bits per heavy atom. The van der Waals surface area contributed by atoms with Gasteiger partial charge in [-0.2, -0.15) is 0 Å². The lowest BCUT2D eigenvalue weighted by Crippen LogP contribution is -2.49. The number of fused-ring (bicyclic) bond motifs is 1. The summed E-state index contributed by atoms with van der Waals surface area (Å²) in [5.41, 5.74) is -1.30. The number of piperazine rings is 1. The van der Waals surface area contributed by atoms with E-state index in [1.54, 1.807) is 26.0 Å². The highest BCUT2D eigenvalue weighted by molar-refractivity contribution is 5.95. The van der Waals surface area contributed by atoms with Crippen LogP contribution in [0.4, 0.5) is 18.9 Å². The molecule has 1 fully saturated rings. The lowest BCUT2D eigenvalue weighted by Gasteiger charge is -2.34. The Kier molecular flexibility index (Phi) is 8.22. The zero-order chi connectivity index (χ0) is 29.4. The number of pyridine rings is 1. The number of nitrogens with one attached hydrogen (secondary N) is 1. The van der Waals surface area contributed by atoms with Gasteiger partial charge in [0.1, 0.15) is 29.6 Å². The molecule has 2 aromatic carbocycles. The van der Waals surface area contributed by atoms with E-state index in [1.165, 1.54) is 10.6 Å². The van der Waals surface area contributed by atoms with E-state index < -0.39 is 52.9 Å². The molecule has 2 atom stereocenters. The van der Waals surface area contributed by atoms with Gasteiger partial charge in [-0.05, 0) is 31.2 Å². The molecule has 0 amide bonds. The van der Waals surface area contributed by atoms with Crippen molar-refractivity contribution in [3.05, 3.63) is 69.8 Å². The van der Waals surface area contributed by atoms with Crippen molar-refractivity contribution >= 4 is 28.5 Å². The molecule has 9 nitrogen and oxygen atoms in total. The highest BCUT2D eigenvalue weighted by Gasteiger charge is 2.28. The summed E-state index contributed by atoms with van der Waals surface area (Å²) in [5.74, 6) is -4.84. The topological polar surface area (TPSA) is 101 Å². The molecule has 0 aliphatic carbocycles. The molecular formula is C28H32F3N4O5+. The van der Waals surface area contributed by atoms with Crippen molar-refractivity contribution in [3.63, 3.8) is 0 Å². The summed E-state index contributed by atoms with van der Waals surface area (Å²) in [6.07, 6.45) is -0.517. The minimum absolute atomic E-state index is 0.0724. The van der Waals surface area contributed by atoms with E-state index in [0.717, 1.165) is 24.4 Å². The smallest absolute Gasteiger partial charge is 0.344 e. The third-order valence-corrected chi connectivity index (χ3v) is 6.60. The van der Waals surface area contributed by atoms with E-state index in [0.29, 0.717) is 25.7 Å². The summed E-state index contributed by atoms with van der Waals surface area (Å²) < 4.78 is 51.1. The van der Waals surface area contributed by atoms with Crippen molar-refractivity contribution in [3.8, 4) is 5.69 Å². The predicted octanol–water partition coefficient (Wildman–Crippen LogP) is 2.91. The molecular weight excluding hydrogens is 529 g/mol. The Hall–Kier alpha value is -3.90. The van der Waals surface area contributed by atoms with Crippen LogP contribution in [-0.2, 0) is 9.53 Å². The van der Waals surface area contributed by atoms with Crippen LogP contribution in [0.25, 0.3) is 16.6 Å². The minimum Gasteiger partial charge on any atom is -0.481 e. The van der Waals surface area contributed by atoms with Crippen LogP contribution in [0.1, 0.15) is 23.7 Å². The molecule has 2 unspecified atom stereocenters. The monoisotopic (exact) mass is 561 g/mol. The lowest BCUT2D eigenvalue weighted by molar-refractivity contribution is -0.873. The maximum Gasteiger partial charge on any atom is 0.344 e. The molecule has 0 spiro atoms. The first-order valence-electron chi connectivity index (χ1n) is 12.8. The molecule has 3 aromatic rings. The van der Waals surface area contributed by atoms with E-state index in [2.05, 4.69) is 5.32 Å². The quantitative estimate of drug-likeness (QED) is 0.322. The zero-order valence-corrected chi connectivity index (χ0v) is 22.7. The van der Waals surface area contributed by atoms with Gasteiger partial charge in [0.2, 0.25) is 5.43 Å². The Balaban J connectivity index is 1.89. The summed E-state index contributed by atoms with van der Waals surface area (Å²) in [5, 5.41) is 12.3. The number of carboxylic acid groups (broad SMARTS) is 1. The third kappa shape index (κ3) is 6.45. The Morgan fingerprint density at radius 3 is 2.45 bits per heavy atom. The number of esters is 1. The molecule has 1 saturated heterocycles. The van der Waals surface area contributed by atoms with Crippen LogP contribution in [0.2, 0.25) is 0 Å². The van der Waals surface area contributed by atoms with Gasteiger partial charge < -0.3 is 29.1 Å². The summed E-state index contributed by atoms with van der Waals surface area (Å²) in [6.45, 7) is 3.66. The number of aliphatic carboxylic acids is 1. The zero-order valence-electron chi connectivity index (χ0n) is 22.7. The first kappa shape index (κ1) is 29.1. The Morgan fingerprint density at radius 1 is 1.12 bits per heavy atom. The molecule has 1 aromatic heterocycles. The third-order valence-electron chi connectivity index (χ3n) is 6.60. The van der Waals surface area contributed by atoms with Crippen molar-refractivity contribution in [2.75, 3.05) is 52.2 Å². The maximum atomic E-state index is 15.4. The fraction of sp³-hybridized carbons (Fsp3) is 0.393. The largest absolute Gasteiger partial charge is 0.481 e. The molecule has 0 radical (unpaired) electrons. The van der Waals surface area contributed by atoms with Crippen LogP contribution in [0.15, 0.2) is 41.3 Å². The van der Waals surface area contributed by atoms with Gasteiger partial charge in [0, 0.05) is 43.3 Å². The summed E-state index contributed by atoms with van der Waals surface area (Å²) in [4.78, 5) is 39.9. The fourth-order valence-corrected chi connectivity index (χ4v) is 4.91. The maximum absolute atomic E-state index is 15.4. The number of aromatic nitrogens is 1. The van der Waals surface area contributed by atoms with Crippen LogP contribution in [0.3, 0.4) is 0 Å². The molecule has 2 N–H and O–H groups in total. The second kappa shape index (κ2) is 11.3. The van der Waals surface area contributed by atoms with Crippen LogP contribution in [-0.4, -0.2) is 85.6 Å². The molecule has 1 aliphatic rings. The second-order valence-electron chi connectivity index (χ2n) is 11.1. The van der Waals surface area contributed by atoms with E-state index >= 15 is 8.78 Å². The first-order chi connectivity index (χ1) is 18.7. The number of likely N-dealkylation sites (N-methyl/N-ethyl adjacent to an activating group) is 1. The number of carboxylic acids is 1. The number of benzene rings is 2. The van der Waals surface area contributed by atoms with Gasteiger partial charge in [-0.15, -0.1) is 0 Å². The summed E-state index contributed by atoms with van der Waals surface area (Å²) in [7, 11) is 5.34. The van der Waals surface area contributed by atoms with E-state index in [4.69, 9.17) is 4.74 Å². The molecule has 214 valence electrons. The number of hydrogen-bond donors (Lipinski definition) is 2. The van der Waals surface area contributed by atoms with Gasteiger partial charge in [0.15, 0.2) is 6.10 Å². The van der Waals surface area contributed by atoms with Crippen molar-refractivity contribution in [1.29, 1.82) is 0 Å². The minimum atomic E-state index is -1.20. The van der Waals surface area contributed by atoms with Crippen molar-refractivity contribution in [2.45, 2.75) is 25.5 Å². The second-order valence-corrected chi connectivity index (χ2v) is 11.1. The number of carbonyl (C=O) groups is 2. The summed E-state index contributed by atoms with van der Waals surface area (Å²) in [6, 6.07) is 5.30. The van der Waals surface area contributed by atoms with Crippen LogP contribution >= 0.6 is 0 Å². The summed E-state index contributed by atoms with van der Waals surface area (Å²) >= 11 is 0. The number of nitrogens with zero attached hydrogens (tertiary/aromatic N) is 3. The van der Waals surface area contributed by atoms with Crippen LogP contribution in [0.5, 0.6) is 0 Å². The van der Waals surface area contributed by atoms with Crippen LogP contribution < -0.4 is 15.6 Å². The van der Waals surface area contributed by atoms with Gasteiger partial charge in [-0.1, -0.05) is 0 Å². The van der Waals surface area contributed by atoms with Gasteiger partial charge in [-0.3, -0.25) is 9.59 Å². The molecule has 0 bridgehead atoms. The van der Waals surface area contributed by atoms with Gasteiger partial charge in [0.05, 0.1) is 44.5 Å². The number of rotatable bonds is 8. The average molecular weight is 562 g/mol.